The molecule has 1 amide bonds. The molecule has 2 N–H and O–H groups in total. The van der Waals surface area contributed by atoms with Gasteiger partial charge in [0.2, 0.25) is 0 Å². The van der Waals surface area contributed by atoms with Crippen LogP contribution in [-0.2, 0) is 4.74 Å². The molecule has 1 saturated heterocycles. The Hall–Kier alpha value is -1.95. The van der Waals surface area contributed by atoms with E-state index in [4.69, 9.17) is 9.84 Å². The van der Waals surface area contributed by atoms with Crippen molar-refractivity contribution in [2.75, 3.05) is 6.61 Å². The molecule has 0 aromatic carbocycles. The summed E-state index contributed by atoms with van der Waals surface area (Å²) in [6, 6.07) is 2.84. The van der Waals surface area contributed by atoms with Crippen molar-refractivity contribution in [1.29, 1.82) is 0 Å². The molecule has 1 unspecified atom stereocenters. The molecule has 0 radical (unpaired) electrons. The smallest absolute Gasteiger partial charge is 0.338 e. The lowest BCUT2D eigenvalue weighted by Gasteiger charge is -2.35. The number of carbonyl (C=O) groups excluding carboxylic acids is 1. The number of carbonyl (C=O) groups is 2. The van der Waals surface area contributed by atoms with Gasteiger partial charge in [-0.25, -0.2) is 4.79 Å². The fraction of sp³-hybridized carbons (Fsp3) is 0.500. The zero-order valence-corrected chi connectivity index (χ0v) is 11.5. The standard InChI is InChI=1S/C14H18N2O4/c1-14(2)8-9(5-7-20-14)16-12(17)11-10(13(18)19)4-3-6-15-11/h3-4,6,9H,5,7-8H2,1-2H3,(H,16,17)(H,18,19). The van der Waals surface area contributed by atoms with Gasteiger partial charge in [-0.3, -0.25) is 9.78 Å². The first-order chi connectivity index (χ1) is 9.39. The van der Waals surface area contributed by atoms with Crippen LogP contribution in [0.25, 0.3) is 0 Å². The monoisotopic (exact) mass is 278 g/mol. The molecule has 1 aliphatic rings. The molecule has 0 spiro atoms. The van der Waals surface area contributed by atoms with Crippen LogP contribution in [0.15, 0.2) is 18.3 Å². The molecule has 0 aliphatic carbocycles. The third-order valence-electron chi connectivity index (χ3n) is 3.29. The second kappa shape index (κ2) is 5.58. The van der Waals surface area contributed by atoms with Crippen LogP contribution in [0.5, 0.6) is 0 Å². The number of hydrogen-bond acceptors (Lipinski definition) is 4. The van der Waals surface area contributed by atoms with Gasteiger partial charge >= 0.3 is 5.97 Å². The average molecular weight is 278 g/mol. The van der Waals surface area contributed by atoms with Crippen LogP contribution in [0.4, 0.5) is 0 Å². The maximum absolute atomic E-state index is 12.2. The van der Waals surface area contributed by atoms with Gasteiger partial charge < -0.3 is 15.2 Å². The van der Waals surface area contributed by atoms with Crippen LogP contribution in [0.3, 0.4) is 0 Å². The van der Waals surface area contributed by atoms with Crippen molar-refractivity contribution in [2.24, 2.45) is 0 Å². The summed E-state index contributed by atoms with van der Waals surface area (Å²) < 4.78 is 5.58. The number of rotatable bonds is 3. The SMILES string of the molecule is CC1(C)CC(NC(=O)c2ncccc2C(=O)O)CCO1. The predicted molar refractivity (Wildman–Crippen MR) is 71.7 cm³/mol. The number of aromatic carboxylic acids is 1. The van der Waals surface area contributed by atoms with E-state index in [0.29, 0.717) is 19.4 Å². The first kappa shape index (κ1) is 14.5. The minimum atomic E-state index is -1.16. The van der Waals surface area contributed by atoms with Gasteiger partial charge in [0, 0.05) is 18.8 Å². The molecule has 108 valence electrons. The van der Waals surface area contributed by atoms with Gasteiger partial charge in [-0.2, -0.15) is 0 Å². The number of hydrogen-bond donors (Lipinski definition) is 2. The second-order valence-corrected chi connectivity index (χ2v) is 5.48. The van der Waals surface area contributed by atoms with Crippen LogP contribution in [0, 0.1) is 0 Å². The maximum Gasteiger partial charge on any atom is 0.338 e. The highest BCUT2D eigenvalue weighted by Gasteiger charge is 2.30. The summed E-state index contributed by atoms with van der Waals surface area (Å²) in [5.41, 5.74) is -0.420. The van der Waals surface area contributed by atoms with E-state index in [0.717, 1.165) is 0 Å². The Bertz CT molecular complexity index is 528. The topological polar surface area (TPSA) is 88.5 Å². The van der Waals surface area contributed by atoms with Gasteiger partial charge in [0.15, 0.2) is 0 Å². The van der Waals surface area contributed by atoms with Crippen LogP contribution < -0.4 is 5.32 Å². The first-order valence-electron chi connectivity index (χ1n) is 6.52. The van der Waals surface area contributed by atoms with E-state index in [9.17, 15) is 9.59 Å². The molecule has 0 bridgehead atoms. The predicted octanol–water partition coefficient (Wildman–Crippen LogP) is 1.47. The van der Waals surface area contributed by atoms with Crippen LogP contribution in [-0.4, -0.2) is 40.2 Å². The van der Waals surface area contributed by atoms with E-state index in [1.165, 1.54) is 18.3 Å². The van der Waals surface area contributed by atoms with Crippen molar-refractivity contribution in [3.8, 4) is 0 Å². The molecule has 1 aromatic heterocycles. The van der Waals surface area contributed by atoms with E-state index in [2.05, 4.69) is 10.3 Å². The van der Waals surface area contributed by atoms with Gasteiger partial charge in [0.1, 0.15) is 5.69 Å². The van der Waals surface area contributed by atoms with Gasteiger partial charge in [-0.15, -0.1) is 0 Å². The van der Waals surface area contributed by atoms with E-state index >= 15 is 0 Å². The minimum Gasteiger partial charge on any atom is -0.478 e. The second-order valence-electron chi connectivity index (χ2n) is 5.48. The molecular formula is C14H18N2O4. The van der Waals surface area contributed by atoms with Crippen LogP contribution in [0.2, 0.25) is 0 Å². The number of nitrogens with one attached hydrogen (secondary N) is 1. The number of aromatic nitrogens is 1. The lowest BCUT2D eigenvalue weighted by Crippen LogP contribution is -2.46. The average Bonchev–Trinajstić information content (AvgIpc) is 2.37. The number of amides is 1. The molecule has 6 heteroatoms. The van der Waals surface area contributed by atoms with Crippen molar-refractivity contribution >= 4 is 11.9 Å². The lowest BCUT2D eigenvalue weighted by atomic mass is 9.94. The van der Waals surface area contributed by atoms with Gasteiger partial charge in [-0.05, 0) is 38.8 Å². The van der Waals surface area contributed by atoms with Gasteiger partial charge in [0.05, 0.1) is 11.2 Å². The highest BCUT2D eigenvalue weighted by Crippen LogP contribution is 2.24. The zero-order chi connectivity index (χ0) is 14.8. The van der Waals surface area contributed by atoms with Crippen LogP contribution in [0.1, 0.15) is 47.5 Å². The molecule has 1 aromatic rings. The Morgan fingerprint density at radius 2 is 2.25 bits per heavy atom. The molecule has 20 heavy (non-hydrogen) atoms. The van der Waals surface area contributed by atoms with Crippen molar-refractivity contribution in [2.45, 2.75) is 38.3 Å². The van der Waals surface area contributed by atoms with Crippen molar-refractivity contribution in [3.63, 3.8) is 0 Å². The Kier molecular flexibility index (Phi) is 4.04. The summed E-state index contributed by atoms with van der Waals surface area (Å²) >= 11 is 0. The quantitative estimate of drug-likeness (QED) is 0.874. The highest BCUT2D eigenvalue weighted by atomic mass is 16.5. The van der Waals surface area contributed by atoms with E-state index in [-0.39, 0.29) is 22.9 Å². The van der Waals surface area contributed by atoms with Crippen molar-refractivity contribution in [1.82, 2.24) is 10.3 Å². The van der Waals surface area contributed by atoms with Crippen molar-refractivity contribution in [3.05, 3.63) is 29.6 Å². The molecule has 0 saturated carbocycles. The summed E-state index contributed by atoms with van der Waals surface area (Å²) in [7, 11) is 0. The highest BCUT2D eigenvalue weighted by molar-refractivity contribution is 6.03. The maximum atomic E-state index is 12.2. The Labute approximate surface area is 117 Å². The third-order valence-corrected chi connectivity index (χ3v) is 3.29. The summed E-state index contributed by atoms with van der Waals surface area (Å²) in [5, 5.41) is 11.9. The molecule has 2 rings (SSSR count). The fourth-order valence-electron chi connectivity index (χ4n) is 2.37. The number of carboxylic acid groups (broad SMARTS) is 1. The van der Waals surface area contributed by atoms with Crippen molar-refractivity contribution < 1.29 is 19.4 Å². The summed E-state index contributed by atoms with van der Waals surface area (Å²) in [6.45, 7) is 4.51. The molecular weight excluding hydrogens is 260 g/mol. The van der Waals surface area contributed by atoms with E-state index in [1.807, 2.05) is 13.8 Å². The van der Waals surface area contributed by atoms with Gasteiger partial charge in [-0.1, -0.05) is 0 Å². The zero-order valence-electron chi connectivity index (χ0n) is 11.5. The molecule has 2 heterocycles. The van der Waals surface area contributed by atoms with Crippen LogP contribution >= 0.6 is 0 Å². The van der Waals surface area contributed by atoms with Gasteiger partial charge in [0.25, 0.3) is 5.91 Å². The summed E-state index contributed by atoms with van der Waals surface area (Å²) in [6.07, 6.45) is 2.81. The molecule has 1 fully saturated rings. The summed E-state index contributed by atoms with van der Waals surface area (Å²) in [5.74, 6) is -1.61. The fourth-order valence-corrected chi connectivity index (χ4v) is 2.37. The van der Waals surface area contributed by atoms with E-state index < -0.39 is 11.9 Å². The molecule has 6 nitrogen and oxygen atoms in total. The minimum absolute atomic E-state index is 0.0325. The summed E-state index contributed by atoms with van der Waals surface area (Å²) in [4.78, 5) is 27.1. The normalized spacial score (nSPS) is 21.2. The number of pyridine rings is 1. The Morgan fingerprint density at radius 1 is 1.50 bits per heavy atom. The lowest BCUT2D eigenvalue weighted by molar-refractivity contribution is -0.0615. The Balaban J connectivity index is 2.11. The number of ether oxygens (including phenoxy) is 1. The third kappa shape index (κ3) is 3.33. The Morgan fingerprint density at radius 3 is 2.90 bits per heavy atom. The first-order valence-corrected chi connectivity index (χ1v) is 6.52. The number of nitrogens with zero attached hydrogens (tertiary/aromatic N) is 1. The largest absolute Gasteiger partial charge is 0.478 e. The molecule has 1 aliphatic heterocycles. The number of carboxylic acids is 1. The molecule has 1 atom stereocenters. The van der Waals surface area contributed by atoms with E-state index in [1.54, 1.807) is 0 Å².